The maximum absolute atomic E-state index is 6.28. The molecule has 0 amide bonds. The predicted molar refractivity (Wildman–Crippen MR) is 81.5 cm³/mol. The predicted octanol–water partition coefficient (Wildman–Crippen LogP) is 4.82. The third-order valence-electron chi connectivity index (χ3n) is 2.75. The van der Waals surface area contributed by atoms with E-state index in [1.165, 1.54) is 16.0 Å². The quantitative estimate of drug-likeness (QED) is 0.818. The molecule has 1 nitrogen and oxygen atoms in total. The normalized spacial score (nSPS) is 12.7. The van der Waals surface area contributed by atoms with Gasteiger partial charge in [-0.2, -0.15) is 0 Å². The summed E-state index contributed by atoms with van der Waals surface area (Å²) in [6.45, 7) is 2.10. The lowest BCUT2D eigenvalue weighted by molar-refractivity contribution is 0.724. The summed E-state index contributed by atoms with van der Waals surface area (Å²) < 4.78 is 2.26. The number of hydrogen-bond acceptors (Lipinski definition) is 2. The first-order chi connectivity index (χ1) is 8.08. The molecule has 1 heterocycles. The second kappa shape index (κ2) is 5.65. The van der Waals surface area contributed by atoms with E-state index in [0.717, 1.165) is 15.4 Å². The first kappa shape index (κ1) is 13.3. The first-order valence-corrected chi connectivity index (χ1v) is 7.78. The van der Waals surface area contributed by atoms with Crippen molar-refractivity contribution < 1.29 is 0 Å². The van der Waals surface area contributed by atoms with Gasteiger partial charge in [0.2, 0.25) is 0 Å². The summed E-state index contributed by atoms with van der Waals surface area (Å²) in [5.41, 5.74) is 8.72. The first-order valence-electron chi connectivity index (χ1n) is 5.31. The van der Waals surface area contributed by atoms with Crippen LogP contribution in [0.3, 0.4) is 0 Å². The molecule has 0 aliphatic heterocycles. The van der Waals surface area contributed by atoms with Crippen LogP contribution >= 0.6 is 43.2 Å². The van der Waals surface area contributed by atoms with Crippen molar-refractivity contribution in [3.63, 3.8) is 0 Å². The van der Waals surface area contributed by atoms with Crippen molar-refractivity contribution in [2.24, 2.45) is 5.73 Å². The molecular formula is C13H13Br2NS. The van der Waals surface area contributed by atoms with E-state index in [2.05, 4.69) is 56.3 Å². The summed E-state index contributed by atoms with van der Waals surface area (Å²) >= 11 is 8.75. The van der Waals surface area contributed by atoms with Crippen LogP contribution in [-0.2, 0) is 6.42 Å². The number of thiophene rings is 1. The standard InChI is InChI=1S/C13H13Br2NS/c1-8-11(3-2-4-12(8)15)13(16)6-10-5-9(14)7-17-10/h2-5,7,13H,6,16H2,1H3. The molecule has 0 saturated heterocycles. The second-order valence-electron chi connectivity index (χ2n) is 4.00. The average Bonchev–Trinajstić information content (AvgIpc) is 2.68. The SMILES string of the molecule is Cc1c(Br)cccc1C(N)Cc1cc(Br)cs1. The molecule has 0 radical (unpaired) electrons. The molecule has 2 rings (SSSR count). The van der Waals surface area contributed by atoms with Gasteiger partial charge in [0.05, 0.1) is 0 Å². The van der Waals surface area contributed by atoms with Crippen LogP contribution in [0.4, 0.5) is 0 Å². The minimum atomic E-state index is 0.0537. The van der Waals surface area contributed by atoms with Gasteiger partial charge in [-0.15, -0.1) is 11.3 Å². The summed E-state index contributed by atoms with van der Waals surface area (Å²) in [6, 6.07) is 8.38. The summed E-state index contributed by atoms with van der Waals surface area (Å²) in [5.74, 6) is 0. The van der Waals surface area contributed by atoms with Gasteiger partial charge in [0.1, 0.15) is 0 Å². The average molecular weight is 375 g/mol. The molecule has 17 heavy (non-hydrogen) atoms. The van der Waals surface area contributed by atoms with Gasteiger partial charge in [-0.1, -0.05) is 28.1 Å². The van der Waals surface area contributed by atoms with Crippen LogP contribution < -0.4 is 5.73 Å². The van der Waals surface area contributed by atoms with Crippen LogP contribution in [0.2, 0.25) is 0 Å². The van der Waals surface area contributed by atoms with Gasteiger partial charge >= 0.3 is 0 Å². The van der Waals surface area contributed by atoms with Gasteiger partial charge < -0.3 is 5.73 Å². The number of benzene rings is 1. The fourth-order valence-electron chi connectivity index (χ4n) is 1.81. The van der Waals surface area contributed by atoms with Crippen LogP contribution in [0, 0.1) is 6.92 Å². The lowest BCUT2D eigenvalue weighted by Crippen LogP contribution is -2.14. The van der Waals surface area contributed by atoms with Gasteiger partial charge in [0, 0.05) is 31.7 Å². The lowest BCUT2D eigenvalue weighted by Gasteiger charge is -2.14. The van der Waals surface area contributed by atoms with Crippen molar-refractivity contribution in [2.45, 2.75) is 19.4 Å². The Hall–Kier alpha value is -0.160. The van der Waals surface area contributed by atoms with Crippen molar-refractivity contribution in [3.8, 4) is 0 Å². The Balaban J connectivity index is 2.20. The molecule has 1 atom stereocenters. The number of rotatable bonds is 3. The summed E-state index contributed by atoms with van der Waals surface area (Å²) in [5, 5.41) is 2.09. The third kappa shape index (κ3) is 3.19. The summed E-state index contributed by atoms with van der Waals surface area (Å²) in [7, 11) is 0. The van der Waals surface area contributed by atoms with Gasteiger partial charge in [0.15, 0.2) is 0 Å². The smallest absolute Gasteiger partial charge is 0.0346 e. The highest BCUT2D eigenvalue weighted by molar-refractivity contribution is 9.10. The molecule has 1 unspecified atom stereocenters. The highest BCUT2D eigenvalue weighted by Crippen LogP contribution is 2.28. The maximum Gasteiger partial charge on any atom is 0.0346 e. The Kier molecular flexibility index (Phi) is 4.42. The zero-order chi connectivity index (χ0) is 12.4. The molecular weight excluding hydrogens is 362 g/mol. The molecule has 0 bridgehead atoms. The molecule has 2 aromatic rings. The van der Waals surface area contributed by atoms with Crippen LogP contribution in [-0.4, -0.2) is 0 Å². The van der Waals surface area contributed by atoms with E-state index in [4.69, 9.17) is 5.73 Å². The van der Waals surface area contributed by atoms with Crippen molar-refractivity contribution >= 4 is 43.2 Å². The highest BCUT2D eigenvalue weighted by Gasteiger charge is 2.12. The molecule has 0 aliphatic carbocycles. The van der Waals surface area contributed by atoms with Crippen molar-refractivity contribution in [1.29, 1.82) is 0 Å². The van der Waals surface area contributed by atoms with E-state index in [9.17, 15) is 0 Å². The van der Waals surface area contributed by atoms with Crippen LogP contribution in [0.5, 0.6) is 0 Å². The van der Waals surface area contributed by atoms with E-state index in [1.807, 2.05) is 12.1 Å². The Bertz CT molecular complexity index is 522. The van der Waals surface area contributed by atoms with E-state index in [1.54, 1.807) is 11.3 Å². The summed E-state index contributed by atoms with van der Waals surface area (Å²) in [4.78, 5) is 1.31. The fraction of sp³-hybridized carbons (Fsp3) is 0.231. The number of hydrogen-bond donors (Lipinski definition) is 1. The van der Waals surface area contributed by atoms with E-state index < -0.39 is 0 Å². The summed E-state index contributed by atoms with van der Waals surface area (Å²) in [6.07, 6.45) is 0.883. The minimum absolute atomic E-state index is 0.0537. The maximum atomic E-state index is 6.28. The Morgan fingerprint density at radius 3 is 2.76 bits per heavy atom. The largest absolute Gasteiger partial charge is 0.324 e. The molecule has 1 aromatic heterocycles. The Morgan fingerprint density at radius 1 is 1.35 bits per heavy atom. The topological polar surface area (TPSA) is 26.0 Å². The zero-order valence-electron chi connectivity index (χ0n) is 9.41. The molecule has 0 aliphatic rings. The fourth-order valence-corrected chi connectivity index (χ4v) is 3.71. The highest BCUT2D eigenvalue weighted by atomic mass is 79.9. The minimum Gasteiger partial charge on any atom is -0.324 e. The van der Waals surface area contributed by atoms with Gasteiger partial charge in [0.25, 0.3) is 0 Å². The van der Waals surface area contributed by atoms with Crippen molar-refractivity contribution in [2.75, 3.05) is 0 Å². The van der Waals surface area contributed by atoms with Crippen LogP contribution in [0.1, 0.15) is 22.0 Å². The molecule has 0 fully saturated rings. The van der Waals surface area contributed by atoms with E-state index in [0.29, 0.717) is 0 Å². The zero-order valence-corrected chi connectivity index (χ0v) is 13.4. The monoisotopic (exact) mass is 373 g/mol. The Morgan fingerprint density at radius 2 is 2.12 bits per heavy atom. The van der Waals surface area contributed by atoms with Crippen molar-refractivity contribution in [1.82, 2.24) is 0 Å². The van der Waals surface area contributed by atoms with Gasteiger partial charge in [-0.25, -0.2) is 0 Å². The number of halogens is 2. The Labute approximate surface area is 122 Å². The van der Waals surface area contributed by atoms with E-state index >= 15 is 0 Å². The molecule has 0 spiro atoms. The number of nitrogens with two attached hydrogens (primary N) is 1. The molecule has 90 valence electrons. The van der Waals surface area contributed by atoms with Crippen LogP contribution in [0.25, 0.3) is 0 Å². The third-order valence-corrected chi connectivity index (χ3v) is 5.33. The molecule has 4 heteroatoms. The van der Waals surface area contributed by atoms with Crippen molar-refractivity contribution in [3.05, 3.63) is 54.6 Å². The van der Waals surface area contributed by atoms with Gasteiger partial charge in [-0.05, 0) is 46.1 Å². The van der Waals surface area contributed by atoms with E-state index in [-0.39, 0.29) is 6.04 Å². The molecule has 0 saturated carbocycles. The lowest BCUT2D eigenvalue weighted by atomic mass is 9.99. The second-order valence-corrected chi connectivity index (χ2v) is 6.76. The molecule has 2 N–H and O–H groups in total. The molecule has 1 aromatic carbocycles. The van der Waals surface area contributed by atoms with Gasteiger partial charge in [-0.3, -0.25) is 0 Å². The van der Waals surface area contributed by atoms with Crippen LogP contribution in [0.15, 0.2) is 38.6 Å².